The SMILES string of the molecule is CCOC(=O)C1=C(C)OC(N)=C(C#N)C1c1ccc2c(c1)C(C)CC(C)(C)N2C. The molecule has 2 aliphatic heterocycles. The van der Waals surface area contributed by atoms with Gasteiger partial charge < -0.3 is 20.1 Å². The van der Waals surface area contributed by atoms with Crippen molar-refractivity contribution in [1.82, 2.24) is 0 Å². The molecule has 2 N–H and O–H groups in total. The molecule has 2 atom stereocenters. The summed E-state index contributed by atoms with van der Waals surface area (Å²) in [6, 6.07) is 8.28. The second kappa shape index (κ2) is 7.47. The summed E-state index contributed by atoms with van der Waals surface area (Å²) >= 11 is 0. The van der Waals surface area contributed by atoms with Crippen molar-refractivity contribution in [3.63, 3.8) is 0 Å². The van der Waals surface area contributed by atoms with E-state index >= 15 is 0 Å². The molecule has 0 amide bonds. The molecule has 0 spiro atoms. The first-order valence-corrected chi connectivity index (χ1v) is 9.95. The first-order chi connectivity index (χ1) is 13.6. The van der Waals surface area contributed by atoms with E-state index < -0.39 is 11.9 Å². The van der Waals surface area contributed by atoms with Gasteiger partial charge in [0.1, 0.15) is 17.4 Å². The molecule has 3 rings (SSSR count). The number of nitriles is 1. The van der Waals surface area contributed by atoms with Crippen molar-refractivity contribution in [2.45, 2.75) is 58.4 Å². The number of ether oxygens (including phenoxy) is 2. The number of esters is 1. The Morgan fingerprint density at radius 2 is 2.14 bits per heavy atom. The average molecular weight is 396 g/mol. The largest absolute Gasteiger partial charge is 0.463 e. The molecule has 2 unspecified atom stereocenters. The van der Waals surface area contributed by atoms with Crippen molar-refractivity contribution in [1.29, 1.82) is 5.26 Å². The average Bonchev–Trinajstić information content (AvgIpc) is 2.65. The van der Waals surface area contributed by atoms with Crippen LogP contribution in [0.3, 0.4) is 0 Å². The highest BCUT2D eigenvalue weighted by molar-refractivity contribution is 5.92. The summed E-state index contributed by atoms with van der Waals surface area (Å²) in [5.41, 5.74) is 9.83. The van der Waals surface area contributed by atoms with Crippen molar-refractivity contribution < 1.29 is 14.3 Å². The van der Waals surface area contributed by atoms with Crippen molar-refractivity contribution in [2.75, 3.05) is 18.6 Å². The summed E-state index contributed by atoms with van der Waals surface area (Å²) < 4.78 is 10.8. The van der Waals surface area contributed by atoms with Crippen LogP contribution in [-0.4, -0.2) is 25.2 Å². The van der Waals surface area contributed by atoms with E-state index in [4.69, 9.17) is 15.2 Å². The van der Waals surface area contributed by atoms with Gasteiger partial charge in [-0.3, -0.25) is 0 Å². The molecular formula is C23H29N3O3. The monoisotopic (exact) mass is 395 g/mol. The third kappa shape index (κ3) is 3.46. The lowest BCUT2D eigenvalue weighted by Crippen LogP contribution is -2.45. The molecule has 0 bridgehead atoms. The summed E-state index contributed by atoms with van der Waals surface area (Å²) in [6.07, 6.45) is 1.01. The second-order valence-corrected chi connectivity index (χ2v) is 8.41. The number of anilines is 1. The highest BCUT2D eigenvalue weighted by Gasteiger charge is 2.38. The van der Waals surface area contributed by atoms with E-state index in [1.165, 1.54) is 11.3 Å². The molecule has 6 nitrogen and oxygen atoms in total. The fourth-order valence-electron chi connectivity index (χ4n) is 4.46. The maximum atomic E-state index is 12.7. The first kappa shape index (κ1) is 20.8. The zero-order chi connectivity index (χ0) is 21.5. The number of benzene rings is 1. The topological polar surface area (TPSA) is 88.6 Å². The van der Waals surface area contributed by atoms with Gasteiger partial charge in [-0.15, -0.1) is 0 Å². The molecule has 2 aliphatic rings. The number of nitrogens with zero attached hydrogens (tertiary/aromatic N) is 2. The summed E-state index contributed by atoms with van der Waals surface area (Å²) in [5.74, 6) is -0.343. The molecule has 1 aromatic carbocycles. The Balaban J connectivity index is 2.16. The van der Waals surface area contributed by atoms with E-state index in [9.17, 15) is 10.1 Å². The van der Waals surface area contributed by atoms with Gasteiger partial charge in [-0.05, 0) is 57.2 Å². The number of carbonyl (C=O) groups is 1. The van der Waals surface area contributed by atoms with Crippen molar-refractivity contribution >= 4 is 11.7 Å². The summed E-state index contributed by atoms with van der Waals surface area (Å²) in [5, 5.41) is 9.76. The smallest absolute Gasteiger partial charge is 0.338 e. The van der Waals surface area contributed by atoms with E-state index in [1.54, 1.807) is 13.8 Å². The quantitative estimate of drug-likeness (QED) is 0.777. The number of carbonyl (C=O) groups excluding carboxylic acids is 1. The maximum Gasteiger partial charge on any atom is 0.338 e. The van der Waals surface area contributed by atoms with Gasteiger partial charge in [0, 0.05) is 18.3 Å². The fourth-order valence-corrected chi connectivity index (χ4v) is 4.46. The highest BCUT2D eigenvalue weighted by Crippen LogP contribution is 2.46. The fraction of sp³-hybridized carbons (Fsp3) is 0.478. The summed E-state index contributed by atoms with van der Waals surface area (Å²) in [4.78, 5) is 15.0. The maximum absolute atomic E-state index is 12.7. The molecule has 0 fully saturated rings. The van der Waals surface area contributed by atoms with Crippen molar-refractivity contribution in [3.8, 4) is 6.07 Å². The summed E-state index contributed by atoms with van der Waals surface area (Å²) in [7, 11) is 2.10. The number of hydrogen-bond acceptors (Lipinski definition) is 6. The van der Waals surface area contributed by atoms with Crippen LogP contribution in [0.1, 0.15) is 64.0 Å². The molecule has 1 aromatic rings. The van der Waals surface area contributed by atoms with E-state index in [2.05, 4.69) is 50.9 Å². The minimum Gasteiger partial charge on any atom is -0.463 e. The Labute approximate surface area is 172 Å². The predicted molar refractivity (Wildman–Crippen MR) is 112 cm³/mol. The Morgan fingerprint density at radius 1 is 1.45 bits per heavy atom. The van der Waals surface area contributed by atoms with Gasteiger partial charge >= 0.3 is 5.97 Å². The van der Waals surface area contributed by atoms with Crippen LogP contribution in [0.4, 0.5) is 5.69 Å². The molecule has 0 aromatic heterocycles. The van der Waals surface area contributed by atoms with E-state index in [-0.39, 0.29) is 23.6 Å². The predicted octanol–water partition coefficient (Wildman–Crippen LogP) is 4.05. The van der Waals surface area contributed by atoms with Crippen LogP contribution in [0.5, 0.6) is 0 Å². The number of nitrogens with two attached hydrogens (primary N) is 1. The van der Waals surface area contributed by atoms with Gasteiger partial charge in [0.25, 0.3) is 0 Å². The van der Waals surface area contributed by atoms with Gasteiger partial charge in [-0.25, -0.2) is 4.79 Å². The van der Waals surface area contributed by atoms with E-state index in [0.29, 0.717) is 17.3 Å². The molecule has 0 saturated carbocycles. The van der Waals surface area contributed by atoms with Crippen LogP contribution < -0.4 is 10.6 Å². The third-order valence-electron chi connectivity index (χ3n) is 6.09. The lowest BCUT2D eigenvalue weighted by molar-refractivity contribution is -0.139. The van der Waals surface area contributed by atoms with Gasteiger partial charge in [-0.1, -0.05) is 19.1 Å². The minimum absolute atomic E-state index is 0.0343. The molecule has 29 heavy (non-hydrogen) atoms. The lowest BCUT2D eigenvalue weighted by Gasteiger charge is -2.45. The minimum atomic E-state index is -0.606. The van der Waals surface area contributed by atoms with Crippen LogP contribution in [-0.2, 0) is 14.3 Å². The second-order valence-electron chi connectivity index (χ2n) is 8.41. The van der Waals surface area contributed by atoms with Crippen LogP contribution in [0.15, 0.2) is 41.0 Å². The van der Waals surface area contributed by atoms with Gasteiger partial charge in [0.05, 0.1) is 18.1 Å². The Kier molecular flexibility index (Phi) is 5.36. The van der Waals surface area contributed by atoms with Crippen molar-refractivity contribution in [3.05, 3.63) is 52.1 Å². The zero-order valence-electron chi connectivity index (χ0n) is 18.0. The van der Waals surface area contributed by atoms with Crippen LogP contribution in [0, 0.1) is 11.3 Å². The van der Waals surface area contributed by atoms with E-state index in [0.717, 1.165) is 12.0 Å². The molecule has 0 radical (unpaired) electrons. The van der Waals surface area contributed by atoms with Gasteiger partial charge in [0.2, 0.25) is 5.88 Å². The Morgan fingerprint density at radius 3 is 2.76 bits per heavy atom. The number of fused-ring (bicyclic) bond motifs is 1. The molecule has 154 valence electrons. The standard InChI is InChI=1S/C23H29N3O3/c1-7-28-22(27)19-14(3)29-21(25)17(12-24)20(19)15-8-9-18-16(10-15)13(2)11-23(4,5)26(18)6/h8-10,13,20H,7,11,25H2,1-6H3. The number of rotatable bonds is 3. The molecule has 0 aliphatic carbocycles. The Hall–Kier alpha value is -2.94. The third-order valence-corrected chi connectivity index (χ3v) is 6.09. The van der Waals surface area contributed by atoms with Crippen molar-refractivity contribution in [2.24, 2.45) is 5.73 Å². The van der Waals surface area contributed by atoms with Gasteiger partial charge in [-0.2, -0.15) is 5.26 Å². The van der Waals surface area contributed by atoms with E-state index in [1.807, 2.05) is 6.07 Å². The molecule has 0 saturated heterocycles. The number of allylic oxidation sites excluding steroid dienone is 2. The highest BCUT2D eigenvalue weighted by atomic mass is 16.5. The van der Waals surface area contributed by atoms with Crippen LogP contribution in [0.2, 0.25) is 0 Å². The van der Waals surface area contributed by atoms with Crippen LogP contribution >= 0.6 is 0 Å². The zero-order valence-corrected chi connectivity index (χ0v) is 18.0. The molecular weight excluding hydrogens is 366 g/mol. The first-order valence-electron chi connectivity index (χ1n) is 9.95. The molecule has 6 heteroatoms. The van der Waals surface area contributed by atoms with Crippen LogP contribution in [0.25, 0.3) is 0 Å². The Bertz CT molecular complexity index is 953. The number of hydrogen-bond donors (Lipinski definition) is 1. The summed E-state index contributed by atoms with van der Waals surface area (Å²) in [6.45, 7) is 10.4. The van der Waals surface area contributed by atoms with Gasteiger partial charge in [0.15, 0.2) is 0 Å². The normalized spacial score (nSPS) is 23.3. The molecule has 2 heterocycles. The lowest BCUT2D eigenvalue weighted by atomic mass is 9.77.